The Labute approximate surface area is 188 Å². The average molecular weight is 420 g/mol. The van der Waals surface area contributed by atoms with Gasteiger partial charge in [0.15, 0.2) is 0 Å². The Morgan fingerprint density at radius 3 is 2.10 bits per heavy atom. The minimum absolute atomic E-state index is 0.423. The van der Waals surface area contributed by atoms with Crippen LogP contribution in [0, 0.1) is 17.8 Å². The SMILES string of the molecule is CCC(C)CC1CCCC(N(C2CCC(C)CC2)C2CCCC(OC(C)CC)C2)C1. The summed E-state index contributed by atoms with van der Waals surface area (Å²) in [7, 11) is 0. The van der Waals surface area contributed by atoms with E-state index in [0.29, 0.717) is 12.2 Å². The van der Waals surface area contributed by atoms with E-state index in [1.807, 2.05) is 0 Å². The van der Waals surface area contributed by atoms with E-state index in [1.165, 1.54) is 89.9 Å². The van der Waals surface area contributed by atoms with Crippen LogP contribution in [0.2, 0.25) is 0 Å². The zero-order chi connectivity index (χ0) is 21.5. The topological polar surface area (TPSA) is 12.5 Å². The lowest BCUT2D eigenvalue weighted by molar-refractivity contribution is -0.0637. The molecule has 0 aromatic heterocycles. The molecule has 176 valence electrons. The highest BCUT2D eigenvalue weighted by Crippen LogP contribution is 2.40. The summed E-state index contributed by atoms with van der Waals surface area (Å²) in [4.78, 5) is 3.13. The summed E-state index contributed by atoms with van der Waals surface area (Å²) in [5.74, 6) is 2.82. The zero-order valence-corrected chi connectivity index (χ0v) is 21.1. The number of ether oxygens (including phenoxy) is 1. The van der Waals surface area contributed by atoms with Gasteiger partial charge in [0.05, 0.1) is 12.2 Å². The van der Waals surface area contributed by atoms with Crippen molar-refractivity contribution in [2.24, 2.45) is 17.8 Å². The number of hydrogen-bond acceptors (Lipinski definition) is 2. The fourth-order valence-electron chi connectivity index (χ4n) is 6.86. The predicted molar refractivity (Wildman–Crippen MR) is 130 cm³/mol. The van der Waals surface area contributed by atoms with Gasteiger partial charge in [-0.15, -0.1) is 0 Å². The van der Waals surface area contributed by atoms with Gasteiger partial charge in [0.25, 0.3) is 0 Å². The molecule has 0 aliphatic heterocycles. The Bertz CT molecular complexity index is 439. The molecule has 0 bridgehead atoms. The Balaban J connectivity index is 1.70. The summed E-state index contributed by atoms with van der Waals surface area (Å²) in [5, 5.41) is 0. The number of nitrogens with zero attached hydrogens (tertiary/aromatic N) is 1. The van der Waals surface area contributed by atoms with E-state index in [-0.39, 0.29) is 0 Å². The average Bonchev–Trinajstić information content (AvgIpc) is 2.75. The smallest absolute Gasteiger partial charge is 0.0593 e. The van der Waals surface area contributed by atoms with E-state index in [0.717, 1.165) is 42.3 Å². The van der Waals surface area contributed by atoms with E-state index < -0.39 is 0 Å². The van der Waals surface area contributed by atoms with Gasteiger partial charge in [-0.25, -0.2) is 0 Å². The molecule has 0 N–H and O–H groups in total. The van der Waals surface area contributed by atoms with Crippen molar-refractivity contribution >= 4 is 0 Å². The minimum atomic E-state index is 0.423. The molecule has 6 unspecified atom stereocenters. The molecule has 2 nitrogen and oxygen atoms in total. The van der Waals surface area contributed by atoms with Crippen LogP contribution < -0.4 is 0 Å². The highest BCUT2D eigenvalue weighted by atomic mass is 16.5. The van der Waals surface area contributed by atoms with Crippen molar-refractivity contribution in [2.45, 2.75) is 161 Å². The molecule has 3 aliphatic carbocycles. The van der Waals surface area contributed by atoms with Gasteiger partial charge in [0.1, 0.15) is 0 Å². The summed E-state index contributed by atoms with van der Waals surface area (Å²) in [6, 6.07) is 2.47. The van der Waals surface area contributed by atoms with Crippen LogP contribution in [0.5, 0.6) is 0 Å². The van der Waals surface area contributed by atoms with Crippen molar-refractivity contribution in [2.75, 3.05) is 0 Å². The third-order valence-electron chi connectivity index (χ3n) is 9.04. The van der Waals surface area contributed by atoms with E-state index in [2.05, 4.69) is 39.5 Å². The van der Waals surface area contributed by atoms with Gasteiger partial charge < -0.3 is 4.74 Å². The van der Waals surface area contributed by atoms with Crippen molar-refractivity contribution in [3.8, 4) is 0 Å². The van der Waals surface area contributed by atoms with Crippen LogP contribution in [0.25, 0.3) is 0 Å². The summed E-state index contributed by atoms with van der Waals surface area (Å²) >= 11 is 0. The molecule has 0 spiro atoms. The van der Waals surface area contributed by atoms with E-state index in [1.54, 1.807) is 0 Å². The third-order valence-corrected chi connectivity index (χ3v) is 9.04. The van der Waals surface area contributed by atoms with Crippen LogP contribution in [0.4, 0.5) is 0 Å². The molecular formula is C28H53NO. The Morgan fingerprint density at radius 2 is 1.43 bits per heavy atom. The molecule has 0 heterocycles. The van der Waals surface area contributed by atoms with Crippen molar-refractivity contribution in [3.05, 3.63) is 0 Å². The molecule has 3 fully saturated rings. The molecular weight excluding hydrogens is 366 g/mol. The highest BCUT2D eigenvalue weighted by molar-refractivity contribution is 4.93. The Morgan fingerprint density at radius 1 is 0.767 bits per heavy atom. The summed E-state index contributed by atoms with van der Waals surface area (Å²) in [6.45, 7) is 11.9. The molecule has 0 radical (unpaired) electrons. The van der Waals surface area contributed by atoms with Crippen molar-refractivity contribution < 1.29 is 4.74 Å². The monoisotopic (exact) mass is 419 g/mol. The van der Waals surface area contributed by atoms with Crippen molar-refractivity contribution in [3.63, 3.8) is 0 Å². The van der Waals surface area contributed by atoms with Crippen LogP contribution in [-0.2, 0) is 4.74 Å². The second-order valence-corrected chi connectivity index (χ2v) is 11.6. The maximum Gasteiger partial charge on any atom is 0.0593 e. The van der Waals surface area contributed by atoms with Crippen LogP contribution >= 0.6 is 0 Å². The maximum absolute atomic E-state index is 6.47. The lowest BCUT2D eigenvalue weighted by atomic mass is 9.76. The van der Waals surface area contributed by atoms with Gasteiger partial charge in [-0.2, -0.15) is 0 Å². The van der Waals surface area contributed by atoms with Gasteiger partial charge in [-0.1, -0.05) is 47.0 Å². The fraction of sp³-hybridized carbons (Fsp3) is 1.00. The number of hydrogen-bond donors (Lipinski definition) is 0. The van der Waals surface area contributed by atoms with Crippen LogP contribution in [-0.4, -0.2) is 35.2 Å². The first-order chi connectivity index (χ1) is 14.5. The third kappa shape index (κ3) is 6.96. The van der Waals surface area contributed by atoms with Gasteiger partial charge in [-0.05, 0) is 102 Å². The first kappa shape index (κ1) is 24.6. The maximum atomic E-state index is 6.47. The second-order valence-electron chi connectivity index (χ2n) is 11.6. The molecule has 0 saturated heterocycles. The molecule has 3 saturated carbocycles. The molecule has 6 atom stereocenters. The zero-order valence-electron chi connectivity index (χ0n) is 21.1. The first-order valence-corrected chi connectivity index (χ1v) is 13.9. The van der Waals surface area contributed by atoms with Gasteiger partial charge in [-0.3, -0.25) is 4.90 Å². The normalized spacial score (nSPS) is 37.8. The Kier molecular flexibility index (Phi) is 10.0. The van der Waals surface area contributed by atoms with Crippen LogP contribution in [0.15, 0.2) is 0 Å². The van der Waals surface area contributed by atoms with E-state index in [9.17, 15) is 0 Å². The molecule has 0 amide bonds. The quantitative estimate of drug-likeness (QED) is 0.375. The molecule has 2 heteroatoms. The fourth-order valence-corrected chi connectivity index (χ4v) is 6.86. The van der Waals surface area contributed by atoms with E-state index in [4.69, 9.17) is 4.74 Å². The molecule has 30 heavy (non-hydrogen) atoms. The Hall–Kier alpha value is -0.0800. The molecule has 0 aromatic rings. The van der Waals surface area contributed by atoms with Gasteiger partial charge in [0.2, 0.25) is 0 Å². The summed E-state index contributed by atoms with van der Waals surface area (Å²) in [6.07, 6.45) is 21.9. The minimum Gasteiger partial charge on any atom is -0.375 e. The molecule has 3 aliphatic rings. The predicted octanol–water partition coefficient (Wildman–Crippen LogP) is 7.99. The number of rotatable bonds is 9. The standard InChI is InChI=1S/C28H53NO/c1-6-21(3)18-24-10-8-11-26(19-24)29(25-16-14-22(4)15-17-25)27-12-9-13-28(20-27)30-23(5)7-2/h21-28H,6-20H2,1-5H3. The largest absolute Gasteiger partial charge is 0.375 e. The van der Waals surface area contributed by atoms with Crippen molar-refractivity contribution in [1.82, 2.24) is 4.90 Å². The molecule has 3 rings (SSSR count). The summed E-state index contributed by atoms with van der Waals surface area (Å²) < 4.78 is 6.47. The lowest BCUT2D eigenvalue weighted by Gasteiger charge is -2.50. The lowest BCUT2D eigenvalue weighted by Crippen LogP contribution is -2.54. The molecule has 0 aromatic carbocycles. The first-order valence-electron chi connectivity index (χ1n) is 13.9. The van der Waals surface area contributed by atoms with Crippen LogP contribution in [0.1, 0.15) is 131 Å². The summed E-state index contributed by atoms with van der Waals surface area (Å²) in [5.41, 5.74) is 0. The van der Waals surface area contributed by atoms with Crippen LogP contribution in [0.3, 0.4) is 0 Å². The van der Waals surface area contributed by atoms with Gasteiger partial charge in [0, 0.05) is 18.1 Å². The highest BCUT2D eigenvalue weighted by Gasteiger charge is 2.39. The second kappa shape index (κ2) is 12.2. The van der Waals surface area contributed by atoms with Crippen molar-refractivity contribution in [1.29, 1.82) is 0 Å². The van der Waals surface area contributed by atoms with Gasteiger partial charge >= 0.3 is 0 Å². The van der Waals surface area contributed by atoms with E-state index >= 15 is 0 Å².